The molecule has 0 saturated carbocycles. The second-order valence-corrected chi connectivity index (χ2v) is 7.06. The third-order valence-corrected chi connectivity index (χ3v) is 4.81. The number of nitrogens with zero attached hydrogens (tertiary/aromatic N) is 4. The van der Waals surface area contributed by atoms with Crippen LogP contribution in [0.4, 0.5) is 5.95 Å². The summed E-state index contributed by atoms with van der Waals surface area (Å²) >= 11 is 0. The van der Waals surface area contributed by atoms with E-state index in [0.717, 1.165) is 25.0 Å². The molecule has 3 rings (SSSR count). The Labute approximate surface area is 149 Å². The third kappa shape index (κ3) is 4.67. The number of morpholine rings is 1. The molecule has 0 radical (unpaired) electrons. The van der Waals surface area contributed by atoms with Crippen LogP contribution in [-0.4, -0.2) is 66.8 Å². The van der Waals surface area contributed by atoms with E-state index in [1.165, 1.54) is 0 Å². The first kappa shape index (κ1) is 18.1. The predicted molar refractivity (Wildman–Crippen MR) is 94.4 cm³/mol. The van der Waals surface area contributed by atoms with Gasteiger partial charge in [-0.2, -0.15) is 0 Å². The molecule has 0 spiro atoms. The van der Waals surface area contributed by atoms with Gasteiger partial charge in [-0.15, -0.1) is 0 Å². The fraction of sp³-hybridized carbons (Fsp3) is 0.722. The Balaban J connectivity index is 1.55. The fourth-order valence-electron chi connectivity index (χ4n) is 3.35. The first-order chi connectivity index (χ1) is 12.0. The van der Waals surface area contributed by atoms with Gasteiger partial charge in [-0.3, -0.25) is 4.79 Å². The molecule has 1 aromatic heterocycles. The van der Waals surface area contributed by atoms with Gasteiger partial charge in [0.15, 0.2) is 0 Å². The molecule has 2 saturated heterocycles. The lowest BCUT2D eigenvalue weighted by Gasteiger charge is -2.33. The standard InChI is InChI=1S/C18H28N4O3/c1-13-4-5-14(25-13)6-7-17(23)22-10-11-24-16(12-22)15-8-9-19-18(20-15)21(2)3/h8-9,13-14,16H,4-7,10-12H2,1-3H3/t13-,14-,16-/m1/s1. The largest absolute Gasteiger partial charge is 0.375 e. The molecule has 0 N–H and O–H groups in total. The second-order valence-electron chi connectivity index (χ2n) is 7.06. The topological polar surface area (TPSA) is 67.8 Å². The number of ether oxygens (including phenoxy) is 2. The van der Waals surface area contributed by atoms with Crippen molar-refractivity contribution in [3.05, 3.63) is 18.0 Å². The van der Waals surface area contributed by atoms with E-state index >= 15 is 0 Å². The summed E-state index contributed by atoms with van der Waals surface area (Å²) < 4.78 is 11.7. The number of anilines is 1. The normalized spacial score (nSPS) is 26.7. The molecule has 2 aliphatic heterocycles. The molecule has 1 aromatic rings. The average Bonchev–Trinajstić information content (AvgIpc) is 3.05. The van der Waals surface area contributed by atoms with Crippen LogP contribution in [0.1, 0.15) is 44.4 Å². The maximum absolute atomic E-state index is 12.6. The van der Waals surface area contributed by atoms with E-state index in [4.69, 9.17) is 9.47 Å². The zero-order valence-corrected chi connectivity index (χ0v) is 15.4. The lowest BCUT2D eigenvalue weighted by atomic mass is 10.1. The monoisotopic (exact) mass is 348 g/mol. The molecule has 1 amide bonds. The molecule has 0 bridgehead atoms. The molecule has 0 aliphatic carbocycles. The number of carbonyl (C=O) groups excluding carboxylic acids is 1. The van der Waals surface area contributed by atoms with Crippen molar-refractivity contribution < 1.29 is 14.3 Å². The van der Waals surface area contributed by atoms with Crippen molar-refractivity contribution in [3.8, 4) is 0 Å². The summed E-state index contributed by atoms with van der Waals surface area (Å²) in [5.74, 6) is 0.829. The van der Waals surface area contributed by atoms with Crippen molar-refractivity contribution in [2.24, 2.45) is 0 Å². The van der Waals surface area contributed by atoms with E-state index in [1.54, 1.807) is 6.20 Å². The Morgan fingerprint density at radius 3 is 2.96 bits per heavy atom. The smallest absolute Gasteiger partial charge is 0.225 e. The van der Waals surface area contributed by atoms with Crippen LogP contribution in [0.25, 0.3) is 0 Å². The summed E-state index contributed by atoms with van der Waals surface area (Å²) in [6.07, 6.45) is 5.62. The van der Waals surface area contributed by atoms with Gasteiger partial charge in [0.1, 0.15) is 6.10 Å². The Bertz CT molecular complexity index is 595. The molecule has 2 aliphatic rings. The van der Waals surface area contributed by atoms with Gasteiger partial charge in [0.25, 0.3) is 0 Å². The molecule has 2 fully saturated rings. The number of hydrogen-bond donors (Lipinski definition) is 0. The number of carbonyl (C=O) groups is 1. The van der Waals surface area contributed by atoms with Crippen LogP contribution >= 0.6 is 0 Å². The molecule has 0 unspecified atom stereocenters. The van der Waals surface area contributed by atoms with Crippen molar-refractivity contribution in [1.29, 1.82) is 0 Å². The van der Waals surface area contributed by atoms with E-state index < -0.39 is 0 Å². The van der Waals surface area contributed by atoms with Crippen LogP contribution in [0.15, 0.2) is 12.3 Å². The number of hydrogen-bond acceptors (Lipinski definition) is 6. The van der Waals surface area contributed by atoms with Crippen LogP contribution in [0, 0.1) is 0 Å². The van der Waals surface area contributed by atoms with E-state index in [9.17, 15) is 4.79 Å². The predicted octanol–water partition coefficient (Wildman–Crippen LogP) is 1.79. The first-order valence-corrected chi connectivity index (χ1v) is 9.08. The molecule has 7 heteroatoms. The van der Waals surface area contributed by atoms with E-state index in [0.29, 0.717) is 38.2 Å². The summed E-state index contributed by atoms with van der Waals surface area (Å²) in [4.78, 5) is 25.1. The van der Waals surface area contributed by atoms with Crippen molar-refractivity contribution in [2.75, 3.05) is 38.7 Å². The molecule has 0 aromatic carbocycles. The van der Waals surface area contributed by atoms with Gasteiger partial charge >= 0.3 is 0 Å². The summed E-state index contributed by atoms with van der Waals surface area (Å²) in [5.41, 5.74) is 0.823. The second kappa shape index (κ2) is 8.10. The van der Waals surface area contributed by atoms with Crippen LogP contribution in [0.5, 0.6) is 0 Å². The Hall–Kier alpha value is -1.73. The lowest BCUT2D eigenvalue weighted by molar-refractivity contribution is -0.139. The minimum Gasteiger partial charge on any atom is -0.375 e. The highest BCUT2D eigenvalue weighted by atomic mass is 16.5. The SMILES string of the molecule is C[C@@H]1CC[C@H](CCC(=O)N2CCO[C@@H](c3ccnc(N(C)C)n3)C2)O1. The zero-order valence-electron chi connectivity index (χ0n) is 15.4. The zero-order chi connectivity index (χ0) is 17.8. The lowest BCUT2D eigenvalue weighted by Crippen LogP contribution is -2.42. The first-order valence-electron chi connectivity index (χ1n) is 9.08. The Kier molecular flexibility index (Phi) is 5.86. The van der Waals surface area contributed by atoms with Gasteiger partial charge in [0.05, 0.1) is 31.1 Å². The van der Waals surface area contributed by atoms with Gasteiger partial charge in [-0.25, -0.2) is 9.97 Å². The third-order valence-electron chi connectivity index (χ3n) is 4.81. The van der Waals surface area contributed by atoms with Gasteiger partial charge in [0, 0.05) is 33.3 Å². The van der Waals surface area contributed by atoms with Crippen molar-refractivity contribution in [2.45, 2.75) is 50.9 Å². The molecule has 3 atom stereocenters. The van der Waals surface area contributed by atoms with E-state index in [1.807, 2.05) is 30.0 Å². The van der Waals surface area contributed by atoms with Crippen LogP contribution < -0.4 is 4.90 Å². The van der Waals surface area contributed by atoms with Gasteiger partial charge in [-0.1, -0.05) is 0 Å². The molecular formula is C18H28N4O3. The summed E-state index contributed by atoms with van der Waals surface area (Å²) in [5, 5.41) is 0. The van der Waals surface area contributed by atoms with E-state index in [-0.39, 0.29) is 18.1 Å². The van der Waals surface area contributed by atoms with Crippen molar-refractivity contribution >= 4 is 11.9 Å². The number of rotatable bonds is 5. The van der Waals surface area contributed by atoms with Crippen LogP contribution in [0.3, 0.4) is 0 Å². The van der Waals surface area contributed by atoms with Gasteiger partial charge in [0.2, 0.25) is 11.9 Å². The summed E-state index contributed by atoms with van der Waals surface area (Å²) in [7, 11) is 3.81. The van der Waals surface area contributed by atoms with Crippen molar-refractivity contribution in [3.63, 3.8) is 0 Å². The Morgan fingerprint density at radius 1 is 1.40 bits per heavy atom. The molecular weight excluding hydrogens is 320 g/mol. The maximum Gasteiger partial charge on any atom is 0.225 e. The molecule has 3 heterocycles. The van der Waals surface area contributed by atoms with Crippen LogP contribution in [-0.2, 0) is 14.3 Å². The number of amides is 1. The highest BCUT2D eigenvalue weighted by Gasteiger charge is 2.28. The minimum atomic E-state index is -0.192. The molecule has 25 heavy (non-hydrogen) atoms. The highest BCUT2D eigenvalue weighted by Crippen LogP contribution is 2.25. The minimum absolute atomic E-state index is 0.179. The summed E-state index contributed by atoms with van der Waals surface area (Å²) in [6.45, 7) is 3.82. The molecule has 7 nitrogen and oxygen atoms in total. The van der Waals surface area contributed by atoms with Gasteiger partial charge in [-0.05, 0) is 32.3 Å². The highest BCUT2D eigenvalue weighted by molar-refractivity contribution is 5.76. The number of aromatic nitrogens is 2. The maximum atomic E-state index is 12.6. The van der Waals surface area contributed by atoms with Gasteiger partial charge < -0.3 is 19.3 Å². The van der Waals surface area contributed by atoms with Crippen molar-refractivity contribution in [1.82, 2.24) is 14.9 Å². The summed E-state index contributed by atoms with van der Waals surface area (Å²) in [6, 6.07) is 1.86. The van der Waals surface area contributed by atoms with Crippen LogP contribution in [0.2, 0.25) is 0 Å². The quantitative estimate of drug-likeness (QED) is 0.808. The fourth-order valence-corrected chi connectivity index (χ4v) is 3.35. The average molecular weight is 348 g/mol. The Morgan fingerprint density at radius 2 is 2.24 bits per heavy atom. The van der Waals surface area contributed by atoms with E-state index in [2.05, 4.69) is 16.9 Å². The molecule has 138 valence electrons.